The van der Waals surface area contributed by atoms with Crippen LogP contribution < -0.4 is 10.1 Å². The lowest BCUT2D eigenvalue weighted by Gasteiger charge is -2.10. The Morgan fingerprint density at radius 1 is 1.19 bits per heavy atom. The Balaban J connectivity index is 1.62. The molecule has 0 unspecified atom stereocenters. The summed E-state index contributed by atoms with van der Waals surface area (Å²) in [7, 11) is 0. The van der Waals surface area contributed by atoms with Gasteiger partial charge in [0.1, 0.15) is 12.4 Å². The molecule has 1 aromatic heterocycles. The summed E-state index contributed by atoms with van der Waals surface area (Å²) in [4.78, 5) is 12.7. The van der Waals surface area contributed by atoms with Gasteiger partial charge in [-0.1, -0.05) is 32.0 Å². The first-order chi connectivity index (χ1) is 14.9. The lowest BCUT2D eigenvalue weighted by molar-refractivity contribution is -0.115. The molecule has 0 saturated heterocycles. The lowest BCUT2D eigenvalue weighted by atomic mass is 10.1. The summed E-state index contributed by atoms with van der Waals surface area (Å²) >= 11 is 0. The first-order valence-electron chi connectivity index (χ1n) is 10.4. The Morgan fingerprint density at radius 3 is 2.71 bits per heavy atom. The Labute approximate surface area is 183 Å². The number of aryl methyl sites for hydroxylation is 1. The molecular weight excluding hydrogens is 388 g/mol. The number of carbonyl (C=O) groups excluding carboxylic acids is 1. The van der Waals surface area contributed by atoms with Crippen molar-refractivity contribution in [3.63, 3.8) is 0 Å². The number of hydrogen-bond acceptors (Lipinski definition) is 4. The molecule has 0 aliphatic rings. The van der Waals surface area contributed by atoms with Gasteiger partial charge in [-0.15, -0.1) is 0 Å². The van der Waals surface area contributed by atoms with E-state index >= 15 is 0 Å². The largest absolute Gasteiger partial charge is 0.489 e. The van der Waals surface area contributed by atoms with Gasteiger partial charge in [0.05, 0.1) is 23.7 Å². The maximum Gasteiger partial charge on any atom is 0.228 e. The summed E-state index contributed by atoms with van der Waals surface area (Å²) in [5, 5.41) is 16.6. The summed E-state index contributed by atoms with van der Waals surface area (Å²) < 4.78 is 7.82. The number of carbonyl (C=O) groups is 1. The minimum absolute atomic E-state index is 0.0887. The number of aromatic nitrogens is 2. The van der Waals surface area contributed by atoms with Gasteiger partial charge in [-0.25, -0.2) is 0 Å². The molecule has 31 heavy (non-hydrogen) atoms. The molecule has 0 radical (unpaired) electrons. The normalized spacial score (nSPS) is 10.7. The molecular formula is C25H28N4O2. The molecule has 0 spiro atoms. The number of benzene rings is 2. The zero-order valence-electron chi connectivity index (χ0n) is 18.5. The molecule has 0 fully saturated rings. The highest BCUT2D eigenvalue weighted by molar-refractivity contribution is 5.92. The zero-order valence-corrected chi connectivity index (χ0v) is 18.5. The predicted octanol–water partition coefficient (Wildman–Crippen LogP) is 4.79. The monoisotopic (exact) mass is 416 g/mol. The highest BCUT2D eigenvalue weighted by atomic mass is 16.5. The molecule has 6 heteroatoms. The van der Waals surface area contributed by atoms with Crippen LogP contribution in [-0.2, 0) is 24.4 Å². The quantitative estimate of drug-likeness (QED) is 0.573. The second kappa shape index (κ2) is 9.94. The average molecular weight is 417 g/mol. The Morgan fingerprint density at radius 2 is 1.97 bits per heavy atom. The molecule has 0 saturated carbocycles. The molecule has 1 amide bonds. The van der Waals surface area contributed by atoms with Crippen LogP contribution in [0, 0.1) is 31.1 Å². The van der Waals surface area contributed by atoms with E-state index in [2.05, 4.69) is 30.3 Å². The minimum Gasteiger partial charge on any atom is -0.489 e. The van der Waals surface area contributed by atoms with Gasteiger partial charge in [-0.3, -0.25) is 9.48 Å². The van der Waals surface area contributed by atoms with Gasteiger partial charge in [-0.2, -0.15) is 10.4 Å². The molecule has 0 bridgehead atoms. The molecule has 3 rings (SSSR count). The Hall–Kier alpha value is -3.59. The molecule has 160 valence electrons. The summed E-state index contributed by atoms with van der Waals surface area (Å²) in [6.07, 6.45) is 0.280. The second-order valence-corrected chi connectivity index (χ2v) is 8.08. The van der Waals surface area contributed by atoms with Crippen LogP contribution in [0.4, 0.5) is 5.69 Å². The van der Waals surface area contributed by atoms with Crippen LogP contribution in [0.2, 0.25) is 0 Å². The van der Waals surface area contributed by atoms with Gasteiger partial charge in [0.2, 0.25) is 5.91 Å². The fraction of sp³-hybridized carbons (Fsp3) is 0.320. The Bertz CT molecular complexity index is 1110. The van der Waals surface area contributed by atoms with Crippen LogP contribution in [0.5, 0.6) is 5.75 Å². The van der Waals surface area contributed by atoms with Crippen LogP contribution in [0.3, 0.4) is 0 Å². The second-order valence-electron chi connectivity index (χ2n) is 8.08. The topological polar surface area (TPSA) is 79.9 Å². The van der Waals surface area contributed by atoms with Crippen molar-refractivity contribution in [2.24, 2.45) is 5.92 Å². The third-order valence-electron chi connectivity index (χ3n) is 4.99. The van der Waals surface area contributed by atoms with Crippen LogP contribution in [-0.4, -0.2) is 15.7 Å². The maximum absolute atomic E-state index is 12.7. The SMILES string of the molecule is Cc1nn(CC(C)C)c(C)c1CC(=O)Nc1cccc(OCc2cccc(C#N)c2)c1. The average Bonchev–Trinajstić information content (AvgIpc) is 2.99. The van der Waals surface area contributed by atoms with Crippen LogP contribution in [0.15, 0.2) is 48.5 Å². The Kier molecular flexibility index (Phi) is 7.09. The highest BCUT2D eigenvalue weighted by Crippen LogP contribution is 2.20. The number of amides is 1. The van der Waals surface area contributed by atoms with Crippen molar-refractivity contribution < 1.29 is 9.53 Å². The molecule has 0 aliphatic heterocycles. The predicted molar refractivity (Wildman–Crippen MR) is 121 cm³/mol. The van der Waals surface area contributed by atoms with Gasteiger partial charge in [0, 0.05) is 29.6 Å². The van der Waals surface area contributed by atoms with E-state index < -0.39 is 0 Å². The number of nitrogens with one attached hydrogen (secondary N) is 1. The first-order valence-corrected chi connectivity index (χ1v) is 10.4. The number of ether oxygens (including phenoxy) is 1. The van der Waals surface area contributed by atoms with E-state index in [9.17, 15) is 4.79 Å². The summed E-state index contributed by atoms with van der Waals surface area (Å²) in [6, 6.07) is 16.8. The third-order valence-corrected chi connectivity index (χ3v) is 4.99. The van der Waals surface area contributed by atoms with Crippen molar-refractivity contribution in [3.8, 4) is 11.8 Å². The van der Waals surface area contributed by atoms with E-state index in [1.807, 2.05) is 48.9 Å². The van der Waals surface area contributed by atoms with Crippen LogP contribution >= 0.6 is 0 Å². The lowest BCUT2D eigenvalue weighted by Crippen LogP contribution is -2.15. The molecule has 1 N–H and O–H groups in total. The van der Waals surface area contributed by atoms with Gasteiger partial charge in [0.25, 0.3) is 0 Å². The summed E-state index contributed by atoms with van der Waals surface area (Å²) in [5.74, 6) is 1.05. The molecule has 0 aliphatic carbocycles. The fourth-order valence-corrected chi connectivity index (χ4v) is 3.44. The van der Waals surface area contributed by atoms with E-state index in [0.29, 0.717) is 29.5 Å². The van der Waals surface area contributed by atoms with E-state index in [4.69, 9.17) is 10.00 Å². The van der Waals surface area contributed by atoms with E-state index in [1.165, 1.54) is 0 Å². The highest BCUT2D eigenvalue weighted by Gasteiger charge is 2.16. The molecule has 6 nitrogen and oxygen atoms in total. The standard InChI is InChI=1S/C25H28N4O2/c1-17(2)15-29-19(4)24(18(3)28-29)13-25(30)27-22-9-6-10-23(12-22)31-16-21-8-5-7-20(11-21)14-26/h5-12,17H,13,15-16H2,1-4H3,(H,27,30). The van der Waals surface area contributed by atoms with E-state index in [-0.39, 0.29) is 12.3 Å². The van der Waals surface area contributed by atoms with Gasteiger partial charge < -0.3 is 10.1 Å². The molecule has 1 heterocycles. The van der Waals surface area contributed by atoms with Crippen molar-refractivity contribution in [2.45, 2.75) is 47.3 Å². The fourth-order valence-electron chi connectivity index (χ4n) is 3.44. The van der Waals surface area contributed by atoms with Gasteiger partial charge in [0.15, 0.2) is 0 Å². The third kappa shape index (κ3) is 5.95. The van der Waals surface area contributed by atoms with Crippen molar-refractivity contribution in [2.75, 3.05) is 5.32 Å². The zero-order chi connectivity index (χ0) is 22.4. The van der Waals surface area contributed by atoms with Crippen molar-refractivity contribution in [3.05, 3.63) is 76.6 Å². The summed E-state index contributed by atoms with van der Waals surface area (Å²) in [5.41, 5.74) is 5.10. The first kappa shape index (κ1) is 22.1. The number of nitriles is 1. The minimum atomic E-state index is -0.0887. The number of nitrogens with zero attached hydrogens (tertiary/aromatic N) is 3. The molecule has 3 aromatic rings. The van der Waals surface area contributed by atoms with E-state index in [0.717, 1.165) is 29.1 Å². The smallest absolute Gasteiger partial charge is 0.228 e. The maximum atomic E-state index is 12.7. The van der Waals surface area contributed by atoms with Crippen molar-refractivity contribution in [1.29, 1.82) is 5.26 Å². The van der Waals surface area contributed by atoms with E-state index in [1.54, 1.807) is 18.2 Å². The molecule has 2 aromatic carbocycles. The van der Waals surface area contributed by atoms with Gasteiger partial charge >= 0.3 is 0 Å². The van der Waals surface area contributed by atoms with Crippen LogP contribution in [0.1, 0.15) is 41.9 Å². The van der Waals surface area contributed by atoms with Crippen LogP contribution in [0.25, 0.3) is 0 Å². The molecule has 0 atom stereocenters. The summed E-state index contributed by atoms with van der Waals surface area (Å²) in [6.45, 7) is 9.45. The number of anilines is 1. The number of hydrogen-bond donors (Lipinski definition) is 1. The van der Waals surface area contributed by atoms with Gasteiger partial charge in [-0.05, 0) is 49.6 Å². The number of rotatable bonds is 8. The van der Waals surface area contributed by atoms with Crippen molar-refractivity contribution in [1.82, 2.24) is 9.78 Å². The van der Waals surface area contributed by atoms with Crippen molar-refractivity contribution >= 4 is 11.6 Å².